The molecule has 1 aliphatic heterocycles. The maximum Gasteiger partial charge on any atom is 0.266 e. The molecule has 3 aromatic carbocycles. The van der Waals surface area contributed by atoms with Gasteiger partial charge >= 0.3 is 0 Å². The van der Waals surface area contributed by atoms with Crippen molar-refractivity contribution in [3.8, 4) is 0 Å². The molecule has 1 heterocycles. The lowest BCUT2D eigenvalue weighted by Gasteiger charge is -2.16. The van der Waals surface area contributed by atoms with Gasteiger partial charge in [-0.05, 0) is 54.7 Å². The van der Waals surface area contributed by atoms with Crippen molar-refractivity contribution in [2.24, 2.45) is 0 Å². The minimum Gasteiger partial charge on any atom is -0.331 e. The van der Waals surface area contributed by atoms with Crippen LogP contribution in [0.25, 0.3) is 0 Å². The summed E-state index contributed by atoms with van der Waals surface area (Å²) in [5.41, 5.74) is 1.68. The number of thiocarbonyl (C=S) groups is 1. The van der Waals surface area contributed by atoms with Crippen LogP contribution < -0.4 is 15.5 Å². The number of benzene rings is 3. The first-order valence-corrected chi connectivity index (χ1v) is 10.2. The highest BCUT2D eigenvalue weighted by molar-refractivity contribution is 7.80. The van der Waals surface area contributed by atoms with Gasteiger partial charge in [-0.25, -0.2) is 4.90 Å². The number of fused-ring (bicyclic) bond motifs is 1. The first-order valence-electron chi connectivity index (χ1n) is 9.01. The van der Waals surface area contributed by atoms with Gasteiger partial charge in [-0.2, -0.15) is 0 Å². The number of carbonyl (C=O) groups excluding carboxylic acids is 3. The highest BCUT2D eigenvalue weighted by atomic mass is 35.5. The van der Waals surface area contributed by atoms with E-state index in [0.29, 0.717) is 27.5 Å². The molecular formula is C22H13Cl2N3O3S. The summed E-state index contributed by atoms with van der Waals surface area (Å²) in [6.07, 6.45) is 0. The summed E-state index contributed by atoms with van der Waals surface area (Å²) in [6.45, 7) is 0. The monoisotopic (exact) mass is 469 g/mol. The van der Waals surface area contributed by atoms with E-state index in [2.05, 4.69) is 10.6 Å². The van der Waals surface area contributed by atoms with E-state index in [1.165, 1.54) is 6.07 Å². The normalized spacial score (nSPS) is 12.5. The summed E-state index contributed by atoms with van der Waals surface area (Å²) in [5.74, 6) is -1.30. The van der Waals surface area contributed by atoms with Gasteiger partial charge in [0.2, 0.25) is 0 Å². The standard InChI is InChI=1S/C22H13Cl2N3O3S/c23-16-8-4-3-7-15(16)19(28)26-22(31)25-18-10-9-12(11-17(18)24)27-20(29)13-5-1-2-6-14(13)21(27)30/h1-11H,(H2,25,26,28,31). The Bertz CT molecular complexity index is 1230. The fraction of sp³-hybridized carbons (Fsp3) is 0. The van der Waals surface area contributed by atoms with Crippen LogP contribution in [0.2, 0.25) is 10.0 Å². The Morgan fingerprint density at radius 1 is 0.839 bits per heavy atom. The number of amides is 3. The molecule has 6 nitrogen and oxygen atoms in total. The lowest BCUT2D eigenvalue weighted by atomic mass is 10.1. The molecule has 9 heteroatoms. The molecule has 0 saturated carbocycles. The molecule has 0 atom stereocenters. The van der Waals surface area contributed by atoms with Crippen molar-refractivity contribution in [1.82, 2.24) is 5.32 Å². The Balaban J connectivity index is 1.49. The molecule has 0 saturated heterocycles. The summed E-state index contributed by atoms with van der Waals surface area (Å²) in [6, 6.07) is 17.8. The Kier molecular flexibility index (Phi) is 5.73. The molecule has 0 bridgehead atoms. The maximum absolute atomic E-state index is 12.6. The second-order valence-electron chi connectivity index (χ2n) is 6.54. The quantitative estimate of drug-likeness (QED) is 0.420. The van der Waals surface area contributed by atoms with Gasteiger partial charge in [0.05, 0.1) is 38.1 Å². The average molecular weight is 470 g/mol. The number of anilines is 2. The van der Waals surface area contributed by atoms with Gasteiger partial charge in [0.1, 0.15) is 0 Å². The lowest BCUT2D eigenvalue weighted by Crippen LogP contribution is -2.34. The van der Waals surface area contributed by atoms with Gasteiger partial charge in [-0.1, -0.05) is 47.5 Å². The van der Waals surface area contributed by atoms with Crippen LogP contribution in [-0.4, -0.2) is 22.8 Å². The van der Waals surface area contributed by atoms with Crippen LogP contribution in [0, 0.1) is 0 Å². The van der Waals surface area contributed by atoms with Crippen molar-refractivity contribution in [1.29, 1.82) is 0 Å². The molecule has 0 aromatic heterocycles. The number of nitrogens with one attached hydrogen (secondary N) is 2. The number of imide groups is 1. The van der Waals surface area contributed by atoms with Crippen molar-refractivity contribution < 1.29 is 14.4 Å². The third-order valence-electron chi connectivity index (χ3n) is 4.60. The van der Waals surface area contributed by atoms with E-state index in [1.807, 2.05) is 0 Å². The van der Waals surface area contributed by atoms with Gasteiger partial charge in [-0.3, -0.25) is 19.7 Å². The van der Waals surface area contributed by atoms with Gasteiger partial charge in [-0.15, -0.1) is 0 Å². The predicted molar refractivity (Wildman–Crippen MR) is 124 cm³/mol. The lowest BCUT2D eigenvalue weighted by molar-refractivity contribution is 0.0923. The van der Waals surface area contributed by atoms with E-state index in [9.17, 15) is 14.4 Å². The summed E-state index contributed by atoms with van der Waals surface area (Å²) in [7, 11) is 0. The molecule has 0 radical (unpaired) electrons. The van der Waals surface area contributed by atoms with Crippen molar-refractivity contribution in [3.63, 3.8) is 0 Å². The highest BCUT2D eigenvalue weighted by Crippen LogP contribution is 2.32. The summed E-state index contributed by atoms with van der Waals surface area (Å²) >= 11 is 17.5. The van der Waals surface area contributed by atoms with Crippen molar-refractivity contribution >= 4 is 69.6 Å². The molecule has 0 unspecified atom stereocenters. The van der Waals surface area contributed by atoms with Crippen LogP contribution in [0.4, 0.5) is 11.4 Å². The number of hydrogen-bond donors (Lipinski definition) is 2. The molecule has 2 N–H and O–H groups in total. The van der Waals surface area contributed by atoms with E-state index in [-0.39, 0.29) is 15.7 Å². The molecule has 0 spiro atoms. The van der Waals surface area contributed by atoms with Crippen molar-refractivity contribution in [2.45, 2.75) is 0 Å². The first-order chi connectivity index (χ1) is 14.9. The van der Waals surface area contributed by atoms with Crippen LogP contribution in [0.1, 0.15) is 31.1 Å². The number of rotatable bonds is 3. The topological polar surface area (TPSA) is 78.5 Å². The molecule has 0 aliphatic carbocycles. The minimum atomic E-state index is -0.470. The molecule has 154 valence electrons. The smallest absolute Gasteiger partial charge is 0.266 e. The van der Waals surface area contributed by atoms with Crippen molar-refractivity contribution in [3.05, 3.63) is 93.5 Å². The zero-order chi connectivity index (χ0) is 22.1. The van der Waals surface area contributed by atoms with Crippen LogP contribution in [-0.2, 0) is 0 Å². The number of nitrogens with zero attached hydrogens (tertiary/aromatic N) is 1. The molecule has 0 fully saturated rings. The predicted octanol–water partition coefficient (Wildman–Crippen LogP) is 4.92. The first kappa shape index (κ1) is 21.0. The molecular weight excluding hydrogens is 457 g/mol. The minimum absolute atomic E-state index is 0.0142. The van der Waals surface area contributed by atoms with Gasteiger partial charge in [0, 0.05) is 0 Å². The SMILES string of the molecule is O=C(NC(=S)Nc1ccc(N2C(=O)c3ccccc3C2=O)cc1Cl)c1ccccc1Cl. The third kappa shape index (κ3) is 4.03. The summed E-state index contributed by atoms with van der Waals surface area (Å²) < 4.78 is 0. The van der Waals surface area contributed by atoms with Gasteiger partial charge in [0.25, 0.3) is 17.7 Å². The van der Waals surface area contributed by atoms with Crippen LogP contribution >= 0.6 is 35.4 Å². The molecule has 4 rings (SSSR count). The number of halogens is 2. The van der Waals surface area contributed by atoms with E-state index in [0.717, 1.165) is 4.90 Å². The number of carbonyl (C=O) groups is 3. The molecule has 3 amide bonds. The third-order valence-corrected chi connectivity index (χ3v) is 5.45. The summed E-state index contributed by atoms with van der Waals surface area (Å²) in [5, 5.41) is 5.87. The zero-order valence-corrected chi connectivity index (χ0v) is 18.0. The molecule has 1 aliphatic rings. The van der Waals surface area contributed by atoms with Crippen LogP contribution in [0.15, 0.2) is 66.7 Å². The summed E-state index contributed by atoms with van der Waals surface area (Å²) in [4.78, 5) is 38.7. The molecule has 31 heavy (non-hydrogen) atoms. The van der Waals surface area contributed by atoms with E-state index in [1.54, 1.807) is 60.7 Å². The second kappa shape index (κ2) is 8.47. The number of hydrogen-bond acceptors (Lipinski definition) is 4. The van der Waals surface area contributed by atoms with Crippen LogP contribution in [0.3, 0.4) is 0 Å². The Morgan fingerprint density at radius 3 is 2.06 bits per heavy atom. The fourth-order valence-corrected chi connectivity index (χ4v) is 3.78. The highest BCUT2D eigenvalue weighted by Gasteiger charge is 2.36. The van der Waals surface area contributed by atoms with Crippen LogP contribution in [0.5, 0.6) is 0 Å². The Hall–Kier alpha value is -3.26. The Labute approximate surface area is 192 Å². The second-order valence-corrected chi connectivity index (χ2v) is 7.77. The largest absolute Gasteiger partial charge is 0.331 e. The van der Waals surface area contributed by atoms with Crippen molar-refractivity contribution in [2.75, 3.05) is 10.2 Å². The Morgan fingerprint density at radius 2 is 1.45 bits per heavy atom. The van der Waals surface area contributed by atoms with E-state index in [4.69, 9.17) is 35.4 Å². The van der Waals surface area contributed by atoms with Gasteiger partial charge < -0.3 is 5.32 Å². The fourth-order valence-electron chi connectivity index (χ4n) is 3.14. The molecule has 3 aromatic rings. The van der Waals surface area contributed by atoms with E-state index >= 15 is 0 Å². The van der Waals surface area contributed by atoms with Gasteiger partial charge in [0.15, 0.2) is 5.11 Å². The maximum atomic E-state index is 12.6. The zero-order valence-electron chi connectivity index (χ0n) is 15.7. The average Bonchev–Trinajstić information content (AvgIpc) is 3.00. The van der Waals surface area contributed by atoms with E-state index < -0.39 is 17.7 Å².